The van der Waals surface area contributed by atoms with Gasteiger partial charge in [0, 0.05) is 26.7 Å². The van der Waals surface area contributed by atoms with E-state index < -0.39 is 11.4 Å². The van der Waals surface area contributed by atoms with Crippen molar-refractivity contribution in [3.05, 3.63) is 24.3 Å². The van der Waals surface area contributed by atoms with Gasteiger partial charge in [-0.15, -0.1) is 0 Å². The Morgan fingerprint density at radius 2 is 1.95 bits per heavy atom. The summed E-state index contributed by atoms with van der Waals surface area (Å²) in [5.41, 5.74) is 12.8. The van der Waals surface area contributed by atoms with Gasteiger partial charge in [0.25, 0.3) is 0 Å². The SMILES string of the molecule is CN1CCN(CCCC(C)(N)C(N)=O)c2ccccc21. The molecule has 4 N–H and O–H groups in total. The number of benzene rings is 1. The number of hydrogen-bond donors (Lipinski definition) is 2. The van der Waals surface area contributed by atoms with Crippen LogP contribution in [0.15, 0.2) is 24.3 Å². The Morgan fingerprint density at radius 3 is 2.60 bits per heavy atom. The maximum atomic E-state index is 11.2. The summed E-state index contributed by atoms with van der Waals surface area (Å²) in [6, 6.07) is 8.39. The summed E-state index contributed by atoms with van der Waals surface area (Å²) in [4.78, 5) is 15.8. The third-order valence-corrected chi connectivity index (χ3v) is 4.03. The largest absolute Gasteiger partial charge is 0.371 e. The van der Waals surface area contributed by atoms with E-state index in [1.807, 2.05) is 0 Å². The van der Waals surface area contributed by atoms with Crippen LogP contribution in [-0.4, -0.2) is 38.1 Å². The first-order valence-electron chi connectivity index (χ1n) is 7.06. The van der Waals surface area contributed by atoms with Crippen molar-refractivity contribution >= 4 is 17.3 Å². The van der Waals surface area contributed by atoms with Gasteiger partial charge in [0.1, 0.15) is 0 Å². The van der Waals surface area contributed by atoms with Crippen molar-refractivity contribution < 1.29 is 4.79 Å². The number of likely N-dealkylation sites (N-methyl/N-ethyl adjacent to an activating group) is 1. The van der Waals surface area contributed by atoms with E-state index in [1.54, 1.807) is 6.92 Å². The zero-order chi connectivity index (χ0) is 14.8. The number of nitrogens with zero attached hydrogens (tertiary/aromatic N) is 2. The first kappa shape index (κ1) is 14.7. The number of nitrogens with two attached hydrogens (primary N) is 2. The summed E-state index contributed by atoms with van der Waals surface area (Å²) in [6.07, 6.45) is 1.46. The second-order valence-electron chi connectivity index (χ2n) is 5.78. The first-order valence-corrected chi connectivity index (χ1v) is 7.06. The van der Waals surface area contributed by atoms with Gasteiger partial charge in [-0.25, -0.2) is 0 Å². The summed E-state index contributed by atoms with van der Waals surface area (Å²) in [5.74, 6) is -0.434. The van der Waals surface area contributed by atoms with E-state index in [9.17, 15) is 4.79 Å². The highest BCUT2D eigenvalue weighted by molar-refractivity contribution is 5.83. The topological polar surface area (TPSA) is 75.6 Å². The Hall–Kier alpha value is -1.75. The van der Waals surface area contributed by atoms with Crippen molar-refractivity contribution in [2.75, 3.05) is 36.5 Å². The Morgan fingerprint density at radius 1 is 1.30 bits per heavy atom. The third-order valence-electron chi connectivity index (χ3n) is 4.03. The van der Waals surface area contributed by atoms with Gasteiger partial charge in [-0.05, 0) is 31.9 Å². The van der Waals surface area contributed by atoms with Crippen molar-refractivity contribution in [3.8, 4) is 0 Å². The number of carbonyl (C=O) groups is 1. The monoisotopic (exact) mass is 276 g/mol. The van der Waals surface area contributed by atoms with Crippen molar-refractivity contribution in [1.82, 2.24) is 0 Å². The molecule has 1 aromatic rings. The predicted octanol–water partition coefficient (Wildman–Crippen LogP) is 0.926. The molecule has 0 saturated carbocycles. The Kier molecular flexibility index (Phi) is 4.18. The lowest BCUT2D eigenvalue weighted by atomic mass is 9.96. The molecule has 5 nitrogen and oxygen atoms in total. The molecule has 2 rings (SSSR count). The van der Waals surface area contributed by atoms with Crippen LogP contribution < -0.4 is 21.3 Å². The van der Waals surface area contributed by atoms with Gasteiger partial charge in [-0.3, -0.25) is 4.79 Å². The normalized spacial score (nSPS) is 17.6. The third kappa shape index (κ3) is 3.04. The van der Waals surface area contributed by atoms with Crippen molar-refractivity contribution in [2.24, 2.45) is 11.5 Å². The lowest BCUT2D eigenvalue weighted by molar-refractivity contribution is -0.122. The number of anilines is 2. The molecular weight excluding hydrogens is 252 g/mol. The zero-order valence-corrected chi connectivity index (χ0v) is 12.3. The fourth-order valence-electron chi connectivity index (χ4n) is 2.56. The molecule has 1 aliphatic heterocycles. The van der Waals surface area contributed by atoms with E-state index in [0.29, 0.717) is 6.42 Å². The number of primary amides is 1. The van der Waals surface area contributed by atoms with Crippen LogP contribution >= 0.6 is 0 Å². The van der Waals surface area contributed by atoms with Crippen LogP contribution in [0.1, 0.15) is 19.8 Å². The summed E-state index contributed by atoms with van der Waals surface area (Å²) in [7, 11) is 2.11. The number of carbonyl (C=O) groups excluding carboxylic acids is 1. The summed E-state index contributed by atoms with van der Waals surface area (Å²) in [6.45, 7) is 4.59. The van der Waals surface area contributed by atoms with Gasteiger partial charge in [0.2, 0.25) is 5.91 Å². The molecule has 1 heterocycles. The lowest BCUT2D eigenvalue weighted by Gasteiger charge is -2.37. The molecule has 0 radical (unpaired) electrons. The minimum Gasteiger partial charge on any atom is -0.371 e. The molecule has 1 atom stereocenters. The first-order chi connectivity index (χ1) is 9.42. The average molecular weight is 276 g/mol. The number of amides is 1. The summed E-state index contributed by atoms with van der Waals surface area (Å²) in [5, 5.41) is 0. The van der Waals surface area contributed by atoms with Crippen LogP contribution in [0.25, 0.3) is 0 Å². The van der Waals surface area contributed by atoms with Crippen LogP contribution in [0.2, 0.25) is 0 Å². The number of para-hydroxylation sites is 2. The molecule has 0 aliphatic carbocycles. The molecule has 0 fully saturated rings. The molecule has 110 valence electrons. The van der Waals surface area contributed by atoms with Crippen LogP contribution in [-0.2, 0) is 4.79 Å². The standard InChI is InChI=1S/C15H24N4O/c1-15(17,14(16)20)8-5-9-19-11-10-18(2)12-6-3-4-7-13(12)19/h3-4,6-7H,5,8-11,17H2,1-2H3,(H2,16,20). The van der Waals surface area contributed by atoms with E-state index in [-0.39, 0.29) is 0 Å². The Balaban J connectivity index is 1.98. The van der Waals surface area contributed by atoms with Gasteiger partial charge in [-0.2, -0.15) is 0 Å². The van der Waals surface area contributed by atoms with Crippen molar-refractivity contribution in [1.29, 1.82) is 0 Å². The quantitative estimate of drug-likeness (QED) is 0.839. The lowest BCUT2D eigenvalue weighted by Crippen LogP contribution is -2.49. The molecule has 1 aromatic carbocycles. The van der Waals surface area contributed by atoms with E-state index in [2.05, 4.69) is 41.1 Å². The second kappa shape index (κ2) is 5.71. The molecule has 0 aromatic heterocycles. The number of rotatable bonds is 5. The predicted molar refractivity (Wildman–Crippen MR) is 82.9 cm³/mol. The van der Waals surface area contributed by atoms with Gasteiger partial charge in [-0.1, -0.05) is 12.1 Å². The highest BCUT2D eigenvalue weighted by Gasteiger charge is 2.26. The van der Waals surface area contributed by atoms with Gasteiger partial charge < -0.3 is 21.3 Å². The fraction of sp³-hybridized carbons (Fsp3) is 0.533. The Labute approximate surface area is 120 Å². The van der Waals surface area contributed by atoms with Crippen LogP contribution in [0.3, 0.4) is 0 Å². The molecule has 1 amide bonds. The van der Waals surface area contributed by atoms with Gasteiger partial charge in [0.05, 0.1) is 16.9 Å². The smallest absolute Gasteiger partial charge is 0.237 e. The summed E-state index contributed by atoms with van der Waals surface area (Å²) >= 11 is 0. The van der Waals surface area contributed by atoms with Crippen molar-refractivity contribution in [3.63, 3.8) is 0 Å². The van der Waals surface area contributed by atoms with Gasteiger partial charge >= 0.3 is 0 Å². The van der Waals surface area contributed by atoms with Crippen molar-refractivity contribution in [2.45, 2.75) is 25.3 Å². The highest BCUT2D eigenvalue weighted by atomic mass is 16.1. The molecule has 0 bridgehead atoms. The van der Waals surface area contributed by atoms with E-state index in [0.717, 1.165) is 26.1 Å². The van der Waals surface area contributed by atoms with Gasteiger partial charge in [0.15, 0.2) is 0 Å². The number of fused-ring (bicyclic) bond motifs is 1. The number of hydrogen-bond acceptors (Lipinski definition) is 4. The van der Waals surface area contributed by atoms with E-state index in [1.165, 1.54) is 11.4 Å². The molecule has 0 saturated heterocycles. The second-order valence-corrected chi connectivity index (χ2v) is 5.78. The average Bonchev–Trinajstić information content (AvgIpc) is 2.41. The van der Waals surface area contributed by atoms with Crippen LogP contribution in [0.5, 0.6) is 0 Å². The maximum absolute atomic E-state index is 11.2. The van der Waals surface area contributed by atoms with Crippen LogP contribution in [0.4, 0.5) is 11.4 Å². The fourth-order valence-corrected chi connectivity index (χ4v) is 2.56. The molecule has 1 aliphatic rings. The van der Waals surface area contributed by atoms with E-state index in [4.69, 9.17) is 11.5 Å². The molecule has 0 spiro atoms. The Bertz CT molecular complexity index is 487. The minimum absolute atomic E-state index is 0.434. The maximum Gasteiger partial charge on any atom is 0.237 e. The molecular formula is C15H24N4O. The highest BCUT2D eigenvalue weighted by Crippen LogP contribution is 2.31. The molecule has 20 heavy (non-hydrogen) atoms. The molecule has 5 heteroatoms. The zero-order valence-electron chi connectivity index (χ0n) is 12.3. The van der Waals surface area contributed by atoms with E-state index >= 15 is 0 Å². The molecule has 1 unspecified atom stereocenters. The van der Waals surface area contributed by atoms with Crippen LogP contribution in [0, 0.1) is 0 Å². The minimum atomic E-state index is -0.911. The summed E-state index contributed by atoms with van der Waals surface area (Å²) < 4.78 is 0.